The summed E-state index contributed by atoms with van der Waals surface area (Å²) in [6, 6.07) is -0.00466. The molecule has 1 fully saturated rings. The van der Waals surface area contributed by atoms with E-state index in [0.717, 1.165) is 18.8 Å². The molecule has 1 atom stereocenters. The van der Waals surface area contributed by atoms with Gasteiger partial charge < -0.3 is 11.1 Å². The van der Waals surface area contributed by atoms with Crippen molar-refractivity contribution < 1.29 is 4.79 Å². The van der Waals surface area contributed by atoms with Crippen molar-refractivity contribution >= 4 is 18.3 Å². The van der Waals surface area contributed by atoms with E-state index in [1.165, 1.54) is 25.7 Å². The van der Waals surface area contributed by atoms with Crippen LogP contribution in [0.25, 0.3) is 0 Å². The van der Waals surface area contributed by atoms with Crippen LogP contribution in [0.1, 0.15) is 52.4 Å². The van der Waals surface area contributed by atoms with Crippen molar-refractivity contribution in [3.63, 3.8) is 0 Å². The predicted molar refractivity (Wildman–Crippen MR) is 69.7 cm³/mol. The van der Waals surface area contributed by atoms with Gasteiger partial charge in [-0.05, 0) is 38.5 Å². The first-order chi connectivity index (χ1) is 7.13. The van der Waals surface area contributed by atoms with Gasteiger partial charge in [-0.25, -0.2) is 0 Å². The Bertz CT molecular complexity index is 201. The van der Waals surface area contributed by atoms with Crippen LogP contribution in [0.4, 0.5) is 0 Å². The number of nitrogens with two attached hydrogens (primary N) is 1. The third-order valence-electron chi connectivity index (χ3n) is 3.30. The quantitative estimate of drug-likeness (QED) is 0.802. The predicted octanol–water partition coefficient (Wildman–Crippen LogP) is 2.23. The monoisotopic (exact) mass is 248 g/mol. The van der Waals surface area contributed by atoms with Crippen molar-refractivity contribution in [1.29, 1.82) is 0 Å². The Labute approximate surface area is 105 Å². The summed E-state index contributed by atoms with van der Waals surface area (Å²) in [5.74, 6) is 0.882. The zero-order valence-electron chi connectivity index (χ0n) is 10.4. The number of halogens is 1. The molecule has 0 unspecified atom stereocenters. The fourth-order valence-electron chi connectivity index (χ4n) is 2.34. The number of carbonyl (C=O) groups is 1. The lowest BCUT2D eigenvalue weighted by atomic mass is 9.83. The molecule has 1 aliphatic carbocycles. The molecule has 1 aliphatic rings. The smallest absolute Gasteiger partial charge is 0.236 e. The van der Waals surface area contributed by atoms with Gasteiger partial charge >= 0.3 is 0 Å². The molecule has 0 aromatic heterocycles. The van der Waals surface area contributed by atoms with Crippen molar-refractivity contribution in [2.45, 2.75) is 64.5 Å². The van der Waals surface area contributed by atoms with Crippen molar-refractivity contribution in [2.75, 3.05) is 0 Å². The number of hydrogen-bond acceptors (Lipinski definition) is 2. The lowest BCUT2D eigenvalue weighted by Gasteiger charge is -2.29. The van der Waals surface area contributed by atoms with Crippen LogP contribution in [0.5, 0.6) is 0 Å². The number of nitrogens with one attached hydrogen (secondary N) is 1. The number of hydrogen-bond donors (Lipinski definition) is 2. The van der Waals surface area contributed by atoms with Gasteiger partial charge in [0.2, 0.25) is 5.91 Å². The Kier molecular flexibility index (Phi) is 7.77. The van der Waals surface area contributed by atoms with Gasteiger partial charge in [-0.1, -0.05) is 19.8 Å². The third-order valence-corrected chi connectivity index (χ3v) is 3.30. The largest absolute Gasteiger partial charge is 0.352 e. The highest BCUT2D eigenvalue weighted by molar-refractivity contribution is 5.85. The average Bonchev–Trinajstić information content (AvgIpc) is 2.21. The zero-order valence-corrected chi connectivity index (χ0v) is 11.2. The number of amides is 1. The van der Waals surface area contributed by atoms with E-state index in [1.54, 1.807) is 6.92 Å². The van der Waals surface area contributed by atoms with Crippen LogP contribution in [0.3, 0.4) is 0 Å². The van der Waals surface area contributed by atoms with Crippen molar-refractivity contribution in [1.82, 2.24) is 5.32 Å². The van der Waals surface area contributed by atoms with Gasteiger partial charge in [0.1, 0.15) is 0 Å². The van der Waals surface area contributed by atoms with E-state index in [-0.39, 0.29) is 24.4 Å². The molecule has 4 heteroatoms. The van der Waals surface area contributed by atoms with Gasteiger partial charge in [0.25, 0.3) is 0 Å². The molecule has 0 aliphatic heterocycles. The van der Waals surface area contributed by atoms with Gasteiger partial charge in [0.05, 0.1) is 6.04 Å². The molecule has 96 valence electrons. The summed E-state index contributed by atoms with van der Waals surface area (Å²) in [5.41, 5.74) is 5.52. The molecule has 1 rings (SSSR count). The molecule has 1 amide bonds. The average molecular weight is 249 g/mol. The Balaban J connectivity index is 0.00000225. The summed E-state index contributed by atoms with van der Waals surface area (Å²) in [6.07, 6.45) is 7.40. The van der Waals surface area contributed by atoms with E-state index in [1.807, 2.05) is 0 Å². The van der Waals surface area contributed by atoms with E-state index in [4.69, 9.17) is 5.73 Å². The standard InChI is InChI=1S/C12H24N2O.ClH/c1-3-4-10-5-7-11(8-6-10)14-12(15)9(2)13;/h9-11H,3-8,13H2,1-2H3,(H,14,15);1H/t9-,10?,11?;/m0./s1. The fraction of sp³-hybridized carbons (Fsp3) is 0.917. The molecule has 0 radical (unpaired) electrons. The van der Waals surface area contributed by atoms with E-state index in [9.17, 15) is 4.79 Å². The molecule has 0 aromatic rings. The SMILES string of the molecule is CCCC1CCC(NC(=O)[C@H](C)N)CC1.Cl. The molecule has 1 saturated carbocycles. The van der Waals surface area contributed by atoms with Crippen LogP contribution < -0.4 is 11.1 Å². The highest BCUT2D eigenvalue weighted by Crippen LogP contribution is 2.27. The number of rotatable bonds is 4. The second-order valence-electron chi connectivity index (χ2n) is 4.80. The lowest BCUT2D eigenvalue weighted by Crippen LogP contribution is -2.45. The maximum atomic E-state index is 11.4. The Hall–Kier alpha value is -0.280. The van der Waals surface area contributed by atoms with Gasteiger partial charge in [-0.3, -0.25) is 4.79 Å². The number of carbonyl (C=O) groups excluding carboxylic acids is 1. The van der Waals surface area contributed by atoms with E-state index >= 15 is 0 Å². The van der Waals surface area contributed by atoms with Crippen LogP contribution in [-0.4, -0.2) is 18.0 Å². The summed E-state index contributed by atoms with van der Waals surface area (Å²) in [6.45, 7) is 3.97. The summed E-state index contributed by atoms with van der Waals surface area (Å²) < 4.78 is 0. The lowest BCUT2D eigenvalue weighted by molar-refractivity contribution is -0.122. The molecule has 0 saturated heterocycles. The van der Waals surface area contributed by atoms with Crippen LogP contribution in [0, 0.1) is 5.92 Å². The third kappa shape index (κ3) is 5.17. The molecular weight excluding hydrogens is 224 g/mol. The molecule has 16 heavy (non-hydrogen) atoms. The first-order valence-corrected chi connectivity index (χ1v) is 6.19. The normalized spacial score (nSPS) is 26.7. The maximum absolute atomic E-state index is 11.4. The van der Waals surface area contributed by atoms with Crippen molar-refractivity contribution in [3.05, 3.63) is 0 Å². The van der Waals surface area contributed by atoms with Crippen molar-refractivity contribution in [3.8, 4) is 0 Å². The second kappa shape index (κ2) is 7.91. The molecule has 3 nitrogen and oxygen atoms in total. The highest BCUT2D eigenvalue weighted by atomic mass is 35.5. The Morgan fingerprint density at radius 2 is 1.94 bits per heavy atom. The minimum atomic E-state index is -0.377. The summed E-state index contributed by atoms with van der Waals surface area (Å²) >= 11 is 0. The first kappa shape index (κ1) is 15.7. The maximum Gasteiger partial charge on any atom is 0.236 e. The molecule has 0 bridgehead atoms. The van der Waals surface area contributed by atoms with Crippen LogP contribution in [0.2, 0.25) is 0 Å². The van der Waals surface area contributed by atoms with Crippen LogP contribution in [-0.2, 0) is 4.79 Å². The van der Waals surface area contributed by atoms with Crippen LogP contribution in [0.15, 0.2) is 0 Å². The molecule has 3 N–H and O–H groups in total. The molecule has 0 heterocycles. The minimum absolute atomic E-state index is 0. The van der Waals surface area contributed by atoms with Crippen LogP contribution >= 0.6 is 12.4 Å². The Morgan fingerprint density at radius 1 is 1.38 bits per heavy atom. The Morgan fingerprint density at radius 3 is 2.38 bits per heavy atom. The minimum Gasteiger partial charge on any atom is -0.352 e. The summed E-state index contributed by atoms with van der Waals surface area (Å²) in [7, 11) is 0. The second-order valence-corrected chi connectivity index (χ2v) is 4.80. The van der Waals surface area contributed by atoms with E-state index in [2.05, 4.69) is 12.2 Å². The molecule has 0 spiro atoms. The summed E-state index contributed by atoms with van der Waals surface area (Å²) in [5, 5.41) is 3.02. The molecular formula is C12H25ClN2O. The topological polar surface area (TPSA) is 55.1 Å². The van der Waals surface area contributed by atoms with Gasteiger partial charge in [0, 0.05) is 6.04 Å². The van der Waals surface area contributed by atoms with Crippen molar-refractivity contribution in [2.24, 2.45) is 11.7 Å². The summed E-state index contributed by atoms with van der Waals surface area (Å²) in [4.78, 5) is 11.4. The fourth-order valence-corrected chi connectivity index (χ4v) is 2.34. The van der Waals surface area contributed by atoms with Gasteiger partial charge in [-0.2, -0.15) is 0 Å². The van der Waals surface area contributed by atoms with Gasteiger partial charge in [-0.15, -0.1) is 12.4 Å². The first-order valence-electron chi connectivity index (χ1n) is 6.19. The van der Waals surface area contributed by atoms with Gasteiger partial charge in [0.15, 0.2) is 0 Å². The van der Waals surface area contributed by atoms with E-state index < -0.39 is 0 Å². The zero-order chi connectivity index (χ0) is 11.3. The van der Waals surface area contributed by atoms with E-state index in [0.29, 0.717) is 6.04 Å². The highest BCUT2D eigenvalue weighted by Gasteiger charge is 2.22. The molecule has 0 aromatic carbocycles.